The Morgan fingerprint density at radius 1 is 1.09 bits per heavy atom. The molecule has 0 spiro atoms. The first-order valence-corrected chi connectivity index (χ1v) is 12.5. The maximum Gasteiger partial charge on any atom is 0.263 e. The van der Waals surface area contributed by atoms with Crippen molar-refractivity contribution in [2.75, 3.05) is 35.8 Å². The Kier molecular flexibility index (Phi) is 7.18. The summed E-state index contributed by atoms with van der Waals surface area (Å²) < 4.78 is 33.3. The fourth-order valence-corrected chi connectivity index (χ4v) is 4.80. The molecular formula is C23H26ClN5O4S. The standard InChI is InChI=1S/C23H24ClN5O4S.H2/c1-17(33-21-5-3-2-4-20(21)24)23(30)29-14-12-28(13-15-29)18-6-8-19(9-7-18)34(31,32)27-22-10-11-25-16-26-22;/h2-11,16-17H,12-15H2,1H3,(H,25,26,27);1H. The molecule has 1 atom stereocenters. The van der Waals surface area contributed by atoms with Gasteiger partial charge in [0.1, 0.15) is 17.9 Å². The summed E-state index contributed by atoms with van der Waals surface area (Å²) in [5.41, 5.74) is 0.883. The minimum Gasteiger partial charge on any atom is -0.479 e. The summed E-state index contributed by atoms with van der Waals surface area (Å²) in [7, 11) is -3.75. The van der Waals surface area contributed by atoms with Crippen molar-refractivity contribution in [1.29, 1.82) is 0 Å². The van der Waals surface area contributed by atoms with E-state index in [1.165, 1.54) is 18.6 Å². The van der Waals surface area contributed by atoms with Gasteiger partial charge in [-0.15, -0.1) is 0 Å². The Hall–Kier alpha value is -3.37. The number of carbonyl (C=O) groups excluding carboxylic acids is 1. The number of hydrogen-bond acceptors (Lipinski definition) is 7. The van der Waals surface area contributed by atoms with Crippen LogP contribution in [0.5, 0.6) is 5.75 Å². The second-order valence-corrected chi connectivity index (χ2v) is 9.79. The molecule has 11 heteroatoms. The molecule has 1 aromatic heterocycles. The summed E-state index contributed by atoms with van der Waals surface area (Å²) in [6.45, 7) is 4.02. The molecule has 0 radical (unpaired) electrons. The van der Waals surface area contributed by atoms with Crippen LogP contribution in [0, 0.1) is 0 Å². The number of rotatable bonds is 7. The van der Waals surface area contributed by atoms with E-state index in [2.05, 4.69) is 19.6 Å². The SMILES string of the molecule is CC(Oc1ccccc1Cl)C(=O)N1CCN(c2ccc(S(=O)(=O)Nc3ccncn3)cc2)CC1.[HH]. The monoisotopic (exact) mass is 503 g/mol. The van der Waals surface area contributed by atoms with Gasteiger partial charge in [-0.2, -0.15) is 0 Å². The van der Waals surface area contributed by atoms with E-state index in [1.54, 1.807) is 60.4 Å². The largest absolute Gasteiger partial charge is 0.479 e. The second kappa shape index (κ2) is 10.3. The van der Waals surface area contributed by atoms with Crippen molar-refractivity contribution in [3.8, 4) is 5.75 Å². The molecule has 0 saturated carbocycles. The molecule has 1 N–H and O–H groups in total. The van der Waals surface area contributed by atoms with Crippen molar-refractivity contribution in [3.63, 3.8) is 0 Å². The molecule has 1 unspecified atom stereocenters. The normalized spacial score (nSPS) is 15.0. The first-order chi connectivity index (χ1) is 16.3. The molecule has 2 heterocycles. The van der Waals surface area contributed by atoms with Crippen molar-refractivity contribution in [2.45, 2.75) is 17.9 Å². The average molecular weight is 504 g/mol. The number of halogens is 1. The van der Waals surface area contributed by atoms with Crippen LogP contribution in [-0.4, -0.2) is 61.5 Å². The molecule has 1 aliphatic rings. The zero-order valence-corrected chi connectivity index (χ0v) is 20.0. The predicted octanol–water partition coefficient (Wildman–Crippen LogP) is 3.29. The topological polar surface area (TPSA) is 105 Å². The van der Waals surface area contributed by atoms with Gasteiger partial charge in [0.05, 0.1) is 9.92 Å². The number of nitrogens with zero attached hydrogens (tertiary/aromatic N) is 4. The number of piperazine rings is 1. The van der Waals surface area contributed by atoms with Gasteiger partial charge < -0.3 is 14.5 Å². The Morgan fingerprint density at radius 3 is 2.44 bits per heavy atom. The number of para-hydroxylation sites is 1. The van der Waals surface area contributed by atoms with Gasteiger partial charge in [-0.1, -0.05) is 23.7 Å². The highest BCUT2D eigenvalue weighted by atomic mass is 35.5. The quantitative estimate of drug-likeness (QED) is 0.527. The highest BCUT2D eigenvalue weighted by molar-refractivity contribution is 7.92. The van der Waals surface area contributed by atoms with E-state index in [4.69, 9.17) is 16.3 Å². The van der Waals surface area contributed by atoms with Crippen LogP contribution < -0.4 is 14.4 Å². The van der Waals surface area contributed by atoms with Crippen molar-refractivity contribution in [2.24, 2.45) is 0 Å². The lowest BCUT2D eigenvalue weighted by Gasteiger charge is -2.37. The van der Waals surface area contributed by atoms with Crippen LogP contribution in [0.3, 0.4) is 0 Å². The highest BCUT2D eigenvalue weighted by Gasteiger charge is 2.27. The summed E-state index contributed by atoms with van der Waals surface area (Å²) >= 11 is 6.12. The van der Waals surface area contributed by atoms with Gasteiger partial charge in [-0.3, -0.25) is 9.52 Å². The van der Waals surface area contributed by atoms with Crippen LogP contribution in [0.1, 0.15) is 8.35 Å². The van der Waals surface area contributed by atoms with Crippen molar-refractivity contribution >= 4 is 39.0 Å². The van der Waals surface area contributed by atoms with Crippen LogP contribution in [0.4, 0.5) is 11.5 Å². The van der Waals surface area contributed by atoms with E-state index >= 15 is 0 Å². The molecule has 180 valence electrons. The minimum atomic E-state index is -3.75. The summed E-state index contributed by atoms with van der Waals surface area (Å²) in [5, 5.41) is 0.463. The lowest BCUT2D eigenvalue weighted by Crippen LogP contribution is -2.52. The Balaban J connectivity index is 0.00000342. The van der Waals surface area contributed by atoms with Gasteiger partial charge >= 0.3 is 0 Å². The maximum absolute atomic E-state index is 12.8. The molecule has 2 aromatic carbocycles. The molecule has 9 nitrogen and oxygen atoms in total. The van der Waals surface area contributed by atoms with Crippen LogP contribution in [0.25, 0.3) is 0 Å². The Bertz CT molecular complexity index is 1240. The lowest BCUT2D eigenvalue weighted by molar-refractivity contribution is -0.138. The number of hydrogen-bond donors (Lipinski definition) is 1. The van der Waals surface area contributed by atoms with E-state index in [0.717, 1.165) is 5.69 Å². The molecule has 0 bridgehead atoms. The summed E-state index contributed by atoms with van der Waals surface area (Å²) in [4.78, 5) is 24.5. The van der Waals surface area contributed by atoms with E-state index in [9.17, 15) is 13.2 Å². The molecule has 4 rings (SSSR count). The van der Waals surface area contributed by atoms with Gasteiger partial charge in [0.15, 0.2) is 6.10 Å². The van der Waals surface area contributed by atoms with E-state index in [1.807, 2.05) is 0 Å². The molecule has 1 aliphatic heterocycles. The zero-order valence-electron chi connectivity index (χ0n) is 18.5. The van der Waals surface area contributed by atoms with Crippen molar-refractivity contribution < 1.29 is 19.4 Å². The number of ether oxygens (including phenoxy) is 1. The third kappa shape index (κ3) is 5.57. The highest BCUT2D eigenvalue weighted by Crippen LogP contribution is 2.25. The van der Waals surface area contributed by atoms with Crippen LogP contribution in [0.2, 0.25) is 5.02 Å². The van der Waals surface area contributed by atoms with Crippen molar-refractivity contribution in [3.05, 3.63) is 72.1 Å². The fraction of sp³-hybridized carbons (Fsp3) is 0.261. The number of amides is 1. The average Bonchev–Trinajstić information content (AvgIpc) is 2.85. The van der Waals surface area contributed by atoms with E-state index in [-0.39, 0.29) is 18.0 Å². The third-order valence-corrected chi connectivity index (χ3v) is 7.10. The fourth-order valence-electron chi connectivity index (χ4n) is 3.61. The molecular weight excluding hydrogens is 478 g/mol. The Morgan fingerprint density at radius 2 is 1.79 bits per heavy atom. The third-order valence-electron chi connectivity index (χ3n) is 5.41. The summed E-state index contributed by atoms with van der Waals surface area (Å²) in [6, 6.07) is 15.2. The smallest absolute Gasteiger partial charge is 0.263 e. The zero-order chi connectivity index (χ0) is 24.1. The number of sulfonamides is 1. The molecule has 3 aromatic rings. The second-order valence-electron chi connectivity index (χ2n) is 7.70. The lowest BCUT2D eigenvalue weighted by atomic mass is 10.2. The van der Waals surface area contributed by atoms with E-state index in [0.29, 0.717) is 37.0 Å². The molecule has 1 fully saturated rings. The maximum atomic E-state index is 12.8. The first kappa shape index (κ1) is 23.8. The predicted molar refractivity (Wildman–Crippen MR) is 132 cm³/mol. The number of carbonyl (C=O) groups is 1. The molecule has 34 heavy (non-hydrogen) atoms. The van der Waals surface area contributed by atoms with Gasteiger partial charge in [-0.25, -0.2) is 18.4 Å². The number of nitrogens with one attached hydrogen (secondary N) is 1. The van der Waals surface area contributed by atoms with Crippen LogP contribution in [-0.2, 0) is 14.8 Å². The number of anilines is 2. The van der Waals surface area contributed by atoms with Gasteiger partial charge in [-0.05, 0) is 49.4 Å². The van der Waals surface area contributed by atoms with Gasteiger partial charge in [0.25, 0.3) is 15.9 Å². The van der Waals surface area contributed by atoms with Crippen molar-refractivity contribution in [1.82, 2.24) is 14.9 Å². The Labute approximate surface area is 204 Å². The van der Waals surface area contributed by atoms with Gasteiger partial charge in [0, 0.05) is 39.5 Å². The molecule has 1 saturated heterocycles. The van der Waals surface area contributed by atoms with Crippen LogP contribution in [0.15, 0.2) is 72.0 Å². The van der Waals surface area contributed by atoms with Crippen LogP contribution >= 0.6 is 11.6 Å². The van der Waals surface area contributed by atoms with E-state index < -0.39 is 16.1 Å². The number of benzene rings is 2. The molecule has 1 amide bonds. The summed E-state index contributed by atoms with van der Waals surface area (Å²) in [6.07, 6.45) is 2.08. The summed E-state index contributed by atoms with van der Waals surface area (Å²) in [5.74, 6) is 0.581. The van der Waals surface area contributed by atoms with Gasteiger partial charge in [0.2, 0.25) is 0 Å². The molecule has 0 aliphatic carbocycles. The minimum absolute atomic E-state index is 0. The first-order valence-electron chi connectivity index (χ1n) is 10.7. The number of aromatic nitrogens is 2.